The Hall–Kier alpha value is -2.75. The highest BCUT2D eigenvalue weighted by Gasteiger charge is 2.69. The molecule has 3 heterocycles. The lowest BCUT2D eigenvalue weighted by atomic mass is 9.86. The molecule has 1 aromatic rings. The first-order chi connectivity index (χ1) is 17.5. The molecule has 0 radical (unpaired) electrons. The van der Waals surface area contributed by atoms with Crippen LogP contribution in [-0.4, -0.2) is 67.6 Å². The Morgan fingerprint density at radius 1 is 1.34 bits per heavy atom. The number of aromatic amines is 1. The lowest BCUT2D eigenvalue weighted by molar-refractivity contribution is -0.143. The first-order valence-corrected chi connectivity index (χ1v) is 14.7. The van der Waals surface area contributed by atoms with E-state index in [1.165, 1.54) is 4.90 Å². The zero-order chi connectivity index (χ0) is 28.2. The number of pyridine rings is 1. The standard InChI is InChI=1S/C26H37N5O6S/c1-25(2,3)21(30-38(6,35)36)24(34)31-12-17-19(26(17,4)5)20(31)23(33)28-16(11-27)10-14-9-15-13-37-8-7-18(15)29-22(14)32/h9,16-17,19-21,30H,7-8,10,12-13H2,1-6H3,(H,28,33)(H,29,32)/t16?,17-,19+,20-,21+/m0/s1. The van der Waals surface area contributed by atoms with Gasteiger partial charge in [-0.1, -0.05) is 34.6 Å². The Morgan fingerprint density at radius 3 is 2.63 bits per heavy atom. The third-order valence-electron chi connectivity index (χ3n) is 8.15. The third kappa shape index (κ3) is 5.51. The number of hydrogen-bond donors (Lipinski definition) is 3. The van der Waals surface area contributed by atoms with Crippen molar-refractivity contribution in [1.29, 1.82) is 5.26 Å². The summed E-state index contributed by atoms with van der Waals surface area (Å²) in [6.07, 6.45) is 1.61. The van der Waals surface area contributed by atoms with Crippen molar-refractivity contribution in [3.8, 4) is 6.07 Å². The van der Waals surface area contributed by atoms with Gasteiger partial charge in [0, 0.05) is 30.6 Å². The van der Waals surface area contributed by atoms with Gasteiger partial charge in [0.15, 0.2) is 0 Å². The van der Waals surface area contributed by atoms with E-state index in [-0.39, 0.29) is 29.2 Å². The summed E-state index contributed by atoms with van der Waals surface area (Å²) in [5, 5.41) is 12.6. The van der Waals surface area contributed by atoms with E-state index in [1.54, 1.807) is 26.8 Å². The van der Waals surface area contributed by atoms with Gasteiger partial charge in [-0.25, -0.2) is 13.1 Å². The van der Waals surface area contributed by atoms with Gasteiger partial charge >= 0.3 is 0 Å². The predicted molar refractivity (Wildman–Crippen MR) is 139 cm³/mol. The normalized spacial score (nSPS) is 25.5. The molecular weight excluding hydrogens is 510 g/mol. The van der Waals surface area contributed by atoms with E-state index in [0.29, 0.717) is 31.7 Å². The molecule has 1 saturated heterocycles. The Balaban J connectivity index is 1.56. The molecule has 12 heteroatoms. The number of aromatic nitrogens is 1. The molecule has 0 bridgehead atoms. The SMILES string of the molecule is CC(C)(C)[C@H](NS(C)(=O)=O)C(=O)N1C[C@H]2[C@H]([C@H]1C(=O)NC(C#N)Cc1cc3c([nH]c1=O)CCOC3)C2(C)C. The summed E-state index contributed by atoms with van der Waals surface area (Å²) in [6, 6.07) is 0.899. The fraction of sp³-hybridized carbons (Fsp3) is 0.692. The number of ether oxygens (including phenoxy) is 1. The molecule has 2 fully saturated rings. The third-order valence-corrected chi connectivity index (χ3v) is 8.81. The van der Waals surface area contributed by atoms with E-state index >= 15 is 0 Å². The van der Waals surface area contributed by atoms with Crippen LogP contribution in [0.3, 0.4) is 0 Å². The van der Waals surface area contributed by atoms with Crippen LogP contribution >= 0.6 is 0 Å². The molecule has 4 rings (SSSR count). The van der Waals surface area contributed by atoms with Gasteiger partial charge in [-0.2, -0.15) is 5.26 Å². The van der Waals surface area contributed by atoms with E-state index in [2.05, 4.69) is 21.1 Å². The molecular formula is C26H37N5O6S. The van der Waals surface area contributed by atoms with Crippen LogP contribution in [0.2, 0.25) is 0 Å². The Morgan fingerprint density at radius 2 is 2.03 bits per heavy atom. The molecule has 0 aromatic carbocycles. The fourth-order valence-electron chi connectivity index (χ4n) is 5.92. The number of nitrogens with one attached hydrogen (secondary N) is 3. The van der Waals surface area contributed by atoms with Gasteiger partial charge < -0.3 is 19.9 Å². The fourth-order valence-corrected chi connectivity index (χ4v) is 6.80. The molecule has 1 saturated carbocycles. The van der Waals surface area contributed by atoms with Crippen molar-refractivity contribution in [1.82, 2.24) is 19.9 Å². The second-order valence-electron chi connectivity index (χ2n) is 12.4. The van der Waals surface area contributed by atoms with Crippen LogP contribution in [0.4, 0.5) is 0 Å². The van der Waals surface area contributed by atoms with E-state index in [4.69, 9.17) is 4.74 Å². The number of nitriles is 1. The number of nitrogens with zero attached hydrogens (tertiary/aromatic N) is 2. The van der Waals surface area contributed by atoms with Gasteiger partial charge in [-0.05, 0) is 34.3 Å². The highest BCUT2D eigenvalue weighted by molar-refractivity contribution is 7.88. The van der Waals surface area contributed by atoms with Crippen molar-refractivity contribution < 1.29 is 22.7 Å². The molecule has 208 valence electrons. The second kappa shape index (κ2) is 9.77. The predicted octanol–water partition coefficient (Wildman–Crippen LogP) is 0.445. The van der Waals surface area contributed by atoms with Gasteiger partial charge in [-0.3, -0.25) is 14.4 Å². The molecule has 1 aliphatic carbocycles. The second-order valence-corrected chi connectivity index (χ2v) is 14.2. The number of fused-ring (bicyclic) bond motifs is 2. The molecule has 38 heavy (non-hydrogen) atoms. The maximum absolute atomic E-state index is 13.7. The zero-order valence-electron chi connectivity index (χ0n) is 22.8. The van der Waals surface area contributed by atoms with Crippen LogP contribution in [-0.2, 0) is 43.8 Å². The molecule has 2 aliphatic heterocycles. The number of H-pyrrole nitrogens is 1. The van der Waals surface area contributed by atoms with Crippen LogP contribution in [0.15, 0.2) is 10.9 Å². The van der Waals surface area contributed by atoms with Crippen LogP contribution < -0.4 is 15.6 Å². The number of sulfonamides is 1. The summed E-state index contributed by atoms with van der Waals surface area (Å²) >= 11 is 0. The topological polar surface area (TPSA) is 161 Å². The number of hydrogen-bond acceptors (Lipinski definition) is 7. The molecule has 11 nitrogen and oxygen atoms in total. The zero-order valence-corrected chi connectivity index (χ0v) is 23.6. The van der Waals surface area contributed by atoms with Gasteiger partial charge in [-0.15, -0.1) is 0 Å². The summed E-state index contributed by atoms with van der Waals surface area (Å²) in [4.78, 5) is 44.2. The number of piperidine rings is 1. The van der Waals surface area contributed by atoms with Crippen molar-refractivity contribution >= 4 is 21.8 Å². The number of likely N-dealkylation sites (tertiary alicyclic amines) is 1. The van der Waals surface area contributed by atoms with Crippen molar-refractivity contribution in [3.63, 3.8) is 0 Å². The smallest absolute Gasteiger partial charge is 0.251 e. The molecule has 5 atom stereocenters. The average molecular weight is 548 g/mol. The Labute approximate surface area is 223 Å². The van der Waals surface area contributed by atoms with Crippen LogP contribution in [0.25, 0.3) is 0 Å². The summed E-state index contributed by atoms with van der Waals surface area (Å²) in [5.41, 5.74) is 0.834. The van der Waals surface area contributed by atoms with E-state index in [9.17, 15) is 28.1 Å². The van der Waals surface area contributed by atoms with Crippen molar-refractivity contribution in [2.45, 2.75) is 72.2 Å². The van der Waals surface area contributed by atoms with Crippen LogP contribution in [0, 0.1) is 34.0 Å². The summed E-state index contributed by atoms with van der Waals surface area (Å²) < 4.78 is 32.0. The molecule has 1 unspecified atom stereocenters. The monoisotopic (exact) mass is 547 g/mol. The maximum Gasteiger partial charge on any atom is 0.251 e. The minimum absolute atomic E-state index is 0.00323. The van der Waals surface area contributed by atoms with Gasteiger partial charge in [0.2, 0.25) is 21.8 Å². The maximum atomic E-state index is 13.7. The highest BCUT2D eigenvalue weighted by Crippen LogP contribution is 2.65. The summed E-state index contributed by atoms with van der Waals surface area (Å²) in [5.74, 6) is -0.975. The average Bonchev–Trinajstić information content (AvgIpc) is 3.14. The van der Waals surface area contributed by atoms with Crippen LogP contribution in [0.1, 0.15) is 51.4 Å². The summed E-state index contributed by atoms with van der Waals surface area (Å²) in [7, 11) is -3.69. The Bertz CT molecular complexity index is 1340. The quantitative estimate of drug-likeness (QED) is 0.446. The first-order valence-electron chi connectivity index (χ1n) is 12.8. The summed E-state index contributed by atoms with van der Waals surface area (Å²) in [6.45, 7) is 10.6. The molecule has 2 amide bonds. The molecule has 3 N–H and O–H groups in total. The number of carbonyl (C=O) groups is 2. The van der Waals surface area contributed by atoms with Crippen LogP contribution in [0.5, 0.6) is 0 Å². The Kier molecular flexibility index (Phi) is 7.27. The van der Waals surface area contributed by atoms with Crippen molar-refractivity contribution in [2.75, 3.05) is 19.4 Å². The highest BCUT2D eigenvalue weighted by atomic mass is 32.2. The van der Waals surface area contributed by atoms with E-state index in [0.717, 1.165) is 17.5 Å². The van der Waals surface area contributed by atoms with Crippen molar-refractivity contribution in [2.24, 2.45) is 22.7 Å². The lowest BCUT2D eigenvalue weighted by Gasteiger charge is -2.37. The number of carbonyl (C=O) groups excluding carboxylic acids is 2. The number of amides is 2. The van der Waals surface area contributed by atoms with Gasteiger partial charge in [0.25, 0.3) is 5.56 Å². The first kappa shape index (κ1) is 28.3. The van der Waals surface area contributed by atoms with E-state index < -0.39 is 45.4 Å². The minimum Gasteiger partial charge on any atom is -0.376 e. The molecule has 3 aliphatic rings. The number of rotatable bonds is 7. The van der Waals surface area contributed by atoms with E-state index in [1.807, 2.05) is 13.8 Å². The minimum atomic E-state index is -3.69. The lowest BCUT2D eigenvalue weighted by Crippen LogP contribution is -2.59. The molecule has 0 spiro atoms. The van der Waals surface area contributed by atoms with Gasteiger partial charge in [0.1, 0.15) is 18.1 Å². The molecule has 1 aromatic heterocycles. The largest absolute Gasteiger partial charge is 0.376 e. The van der Waals surface area contributed by atoms with Gasteiger partial charge in [0.05, 0.1) is 25.5 Å². The van der Waals surface area contributed by atoms with Crippen molar-refractivity contribution in [3.05, 3.63) is 33.2 Å².